The molecule has 0 radical (unpaired) electrons. The maximum Gasteiger partial charge on any atom is 0.435 e. The van der Waals surface area contributed by atoms with Gasteiger partial charge in [0.05, 0.1) is 0 Å². The maximum absolute atomic E-state index is 12.3. The van der Waals surface area contributed by atoms with E-state index in [1.165, 1.54) is 29.5 Å². The third-order valence-electron chi connectivity index (χ3n) is 9.43. The summed E-state index contributed by atoms with van der Waals surface area (Å²) >= 11 is 0. The van der Waals surface area contributed by atoms with Crippen molar-refractivity contribution in [3.63, 3.8) is 0 Å². The van der Waals surface area contributed by atoms with E-state index in [9.17, 15) is 4.79 Å². The fourth-order valence-electron chi connectivity index (χ4n) is 6.72. The Kier molecular flexibility index (Phi) is 8.20. The Morgan fingerprint density at radius 3 is 2.46 bits per heavy atom. The summed E-state index contributed by atoms with van der Waals surface area (Å²) in [6, 6.07) is 19.1. The van der Waals surface area contributed by atoms with Crippen molar-refractivity contribution in [1.29, 1.82) is 0 Å². The molecule has 6 rings (SSSR count). The Balaban J connectivity index is 1.14. The van der Waals surface area contributed by atoms with E-state index < -0.39 is 11.7 Å². The van der Waals surface area contributed by atoms with Gasteiger partial charge in [-0.05, 0) is 110 Å². The maximum atomic E-state index is 12.3. The Hall–Kier alpha value is -4.20. The highest BCUT2D eigenvalue weighted by Crippen LogP contribution is 2.46. The van der Waals surface area contributed by atoms with Crippen LogP contribution in [0.1, 0.15) is 110 Å². The summed E-state index contributed by atoms with van der Waals surface area (Å²) in [6.45, 7) is 18.0. The van der Waals surface area contributed by atoms with Crippen LogP contribution >= 0.6 is 0 Å². The molecule has 0 N–H and O–H groups in total. The lowest BCUT2D eigenvalue weighted by atomic mass is 9.63. The molecule has 1 saturated heterocycles. The molecule has 46 heavy (non-hydrogen) atoms. The summed E-state index contributed by atoms with van der Waals surface area (Å²) in [4.78, 5) is 23.2. The number of hydrogen-bond donors (Lipinski definition) is 0. The second-order valence-corrected chi connectivity index (χ2v) is 15.1. The highest BCUT2D eigenvalue weighted by atomic mass is 16.6. The van der Waals surface area contributed by atoms with Gasteiger partial charge in [0.25, 0.3) is 0 Å². The zero-order valence-corrected chi connectivity index (χ0v) is 28.4. The highest BCUT2D eigenvalue weighted by Gasteiger charge is 2.37. The van der Waals surface area contributed by atoms with E-state index in [-0.39, 0.29) is 16.9 Å². The minimum Gasteiger partial charge on any atom is -0.489 e. The molecular formula is C38H46N4O4. The standard InChI is InChI=1S/C38H46N4O4/c1-24(39-35(43)45-36(2,3)4)42-19-9-10-32(42)34-40-33(41-46-34)28-13-12-27-22-29(15-14-26(27)21-28)44-23-25-11-16-30-31(20-25)38(7,8)18-17-37(30,5)6/h11-16,20-22,32H,9-10,17-19,23H2,1-8H3/b39-24+/t32-/m0/s1. The molecule has 1 fully saturated rings. The summed E-state index contributed by atoms with van der Waals surface area (Å²) in [6.07, 6.45) is 3.58. The summed E-state index contributed by atoms with van der Waals surface area (Å²) in [5, 5.41) is 6.45. The Labute approximate surface area is 272 Å². The lowest BCUT2D eigenvalue weighted by molar-refractivity contribution is 0.0601. The number of hydrogen-bond acceptors (Lipinski definition) is 6. The van der Waals surface area contributed by atoms with Crippen molar-refractivity contribution < 1.29 is 18.8 Å². The normalized spacial score (nSPS) is 19.3. The third-order valence-corrected chi connectivity index (χ3v) is 9.43. The average Bonchev–Trinajstić information content (AvgIpc) is 3.67. The summed E-state index contributed by atoms with van der Waals surface area (Å²) in [5.41, 5.74) is 4.76. The Morgan fingerprint density at radius 2 is 1.70 bits per heavy atom. The first-order valence-electron chi connectivity index (χ1n) is 16.4. The number of benzene rings is 3. The van der Waals surface area contributed by atoms with Crippen molar-refractivity contribution in [1.82, 2.24) is 15.0 Å². The molecule has 0 saturated carbocycles. The molecule has 1 aliphatic carbocycles. The van der Waals surface area contributed by atoms with Gasteiger partial charge in [-0.2, -0.15) is 9.98 Å². The van der Waals surface area contributed by atoms with Gasteiger partial charge < -0.3 is 18.9 Å². The van der Waals surface area contributed by atoms with E-state index in [4.69, 9.17) is 19.0 Å². The second kappa shape index (κ2) is 11.9. The number of likely N-dealkylation sites (tertiary alicyclic amines) is 1. The molecule has 0 unspecified atom stereocenters. The molecular weight excluding hydrogens is 576 g/mol. The molecule has 8 nitrogen and oxygen atoms in total. The number of rotatable bonds is 5. The molecule has 3 aromatic carbocycles. The zero-order valence-electron chi connectivity index (χ0n) is 28.4. The minimum atomic E-state index is -0.599. The predicted molar refractivity (Wildman–Crippen MR) is 181 cm³/mol. The van der Waals surface area contributed by atoms with Gasteiger partial charge in [0.2, 0.25) is 11.7 Å². The molecule has 2 aliphatic rings. The number of ether oxygens (including phenoxy) is 2. The van der Waals surface area contributed by atoms with Crippen LogP contribution in [0.5, 0.6) is 5.75 Å². The smallest absolute Gasteiger partial charge is 0.435 e. The van der Waals surface area contributed by atoms with E-state index in [0.29, 0.717) is 24.2 Å². The molecule has 0 spiro atoms. The summed E-state index contributed by atoms with van der Waals surface area (Å²) in [5.74, 6) is 2.47. The molecule has 2 heterocycles. The minimum absolute atomic E-state index is 0.139. The van der Waals surface area contributed by atoms with E-state index in [0.717, 1.165) is 41.5 Å². The van der Waals surface area contributed by atoms with Crippen molar-refractivity contribution in [2.75, 3.05) is 6.54 Å². The molecule has 1 aromatic heterocycles. The molecule has 8 heteroatoms. The van der Waals surface area contributed by atoms with Gasteiger partial charge in [0.15, 0.2) is 0 Å². The largest absolute Gasteiger partial charge is 0.489 e. The Morgan fingerprint density at radius 1 is 0.978 bits per heavy atom. The van der Waals surface area contributed by atoms with Crippen LogP contribution in [0.15, 0.2) is 64.1 Å². The number of amides is 1. The van der Waals surface area contributed by atoms with Crippen molar-refractivity contribution >= 4 is 22.7 Å². The number of carbonyl (C=O) groups is 1. The molecule has 1 aliphatic heterocycles. The van der Waals surface area contributed by atoms with Crippen molar-refractivity contribution in [2.24, 2.45) is 4.99 Å². The lowest BCUT2D eigenvalue weighted by Crippen LogP contribution is -2.33. The third kappa shape index (κ3) is 6.67. The highest BCUT2D eigenvalue weighted by molar-refractivity contribution is 5.90. The van der Waals surface area contributed by atoms with Crippen LogP contribution in [0.25, 0.3) is 22.2 Å². The van der Waals surface area contributed by atoms with Crippen LogP contribution in [0.4, 0.5) is 4.79 Å². The number of nitrogens with zero attached hydrogens (tertiary/aromatic N) is 4. The van der Waals surface area contributed by atoms with Gasteiger partial charge in [0.1, 0.15) is 29.8 Å². The monoisotopic (exact) mass is 622 g/mol. The van der Waals surface area contributed by atoms with Crippen LogP contribution in [-0.4, -0.2) is 39.1 Å². The number of amidine groups is 1. The van der Waals surface area contributed by atoms with E-state index in [2.05, 4.69) is 80.3 Å². The van der Waals surface area contributed by atoms with Crippen molar-refractivity contribution in [2.45, 2.75) is 110 Å². The fourth-order valence-corrected chi connectivity index (χ4v) is 6.72. The Bertz CT molecular complexity index is 1800. The van der Waals surface area contributed by atoms with Crippen LogP contribution in [0.2, 0.25) is 0 Å². The van der Waals surface area contributed by atoms with E-state index >= 15 is 0 Å². The van der Waals surface area contributed by atoms with Gasteiger partial charge >= 0.3 is 6.09 Å². The first-order chi connectivity index (χ1) is 21.7. The molecule has 1 atom stereocenters. The molecule has 1 amide bonds. The summed E-state index contributed by atoms with van der Waals surface area (Å²) < 4.78 is 17.4. The average molecular weight is 623 g/mol. The molecule has 242 valence electrons. The molecule has 0 bridgehead atoms. The van der Waals surface area contributed by atoms with Gasteiger partial charge in [-0.1, -0.05) is 69.2 Å². The summed E-state index contributed by atoms with van der Waals surface area (Å²) in [7, 11) is 0. The number of aliphatic imine (C=N–C) groups is 1. The van der Waals surface area contributed by atoms with Crippen LogP contribution in [-0.2, 0) is 22.2 Å². The van der Waals surface area contributed by atoms with Gasteiger partial charge in [0, 0.05) is 12.1 Å². The number of fused-ring (bicyclic) bond motifs is 2. The van der Waals surface area contributed by atoms with E-state index in [1.54, 1.807) is 0 Å². The topological polar surface area (TPSA) is 90.0 Å². The van der Waals surface area contributed by atoms with Gasteiger partial charge in [-0.3, -0.25) is 0 Å². The predicted octanol–water partition coefficient (Wildman–Crippen LogP) is 9.31. The number of carbonyl (C=O) groups excluding carboxylic acids is 1. The lowest BCUT2D eigenvalue weighted by Gasteiger charge is -2.42. The fraction of sp³-hybridized carbons (Fsp3) is 0.474. The van der Waals surface area contributed by atoms with E-state index in [1.807, 2.05) is 44.7 Å². The van der Waals surface area contributed by atoms with Gasteiger partial charge in [-0.15, -0.1) is 0 Å². The van der Waals surface area contributed by atoms with Gasteiger partial charge in [-0.25, -0.2) is 4.79 Å². The van der Waals surface area contributed by atoms with Crippen molar-refractivity contribution in [3.8, 4) is 17.1 Å². The second-order valence-electron chi connectivity index (χ2n) is 15.1. The van der Waals surface area contributed by atoms with Crippen LogP contribution in [0.3, 0.4) is 0 Å². The van der Waals surface area contributed by atoms with Crippen molar-refractivity contribution in [3.05, 3.63) is 77.2 Å². The first-order valence-corrected chi connectivity index (χ1v) is 16.4. The zero-order chi connectivity index (χ0) is 32.9. The molecule has 4 aromatic rings. The quantitative estimate of drug-likeness (QED) is 0.162. The SMILES string of the molecule is C/C(=N\C(=O)OC(C)(C)C)N1CCC[C@H]1c1nc(-c2ccc3cc(OCc4ccc5c(c4)C(C)(C)CCC5(C)C)ccc3c2)no1. The first kappa shape index (κ1) is 31.8. The van der Waals surface area contributed by atoms with Crippen LogP contribution in [0, 0.1) is 0 Å². The van der Waals surface area contributed by atoms with Crippen LogP contribution < -0.4 is 4.74 Å². The number of aromatic nitrogens is 2.